The zero-order chi connectivity index (χ0) is 19.1. The van der Waals surface area contributed by atoms with Crippen molar-refractivity contribution in [2.24, 2.45) is 18.2 Å². The summed E-state index contributed by atoms with van der Waals surface area (Å²) in [4.78, 5) is 19.3. The molecule has 1 unspecified atom stereocenters. The number of amides is 1. The highest BCUT2D eigenvalue weighted by Crippen LogP contribution is 2.32. The molecule has 1 atom stereocenters. The lowest BCUT2D eigenvalue weighted by Crippen LogP contribution is -2.34. The van der Waals surface area contributed by atoms with Gasteiger partial charge in [-0.15, -0.1) is 5.10 Å². The smallest absolute Gasteiger partial charge is 0.242 e. The van der Waals surface area contributed by atoms with E-state index in [9.17, 15) is 4.79 Å². The standard InChI is InChI=1S/C19H29N5O2/c1-12-14(6-7-15(25)24-9-8-19(3,10-20)11-24)13(2)21-17-16(12)18(26-5)22-23(17)4/h6-11,20H2,1-5H3. The molecule has 7 heteroatoms. The number of methoxy groups -OCH3 is 1. The molecule has 1 fully saturated rings. The average molecular weight is 359 g/mol. The average Bonchev–Trinajstić information content (AvgIpc) is 3.16. The molecule has 0 aliphatic carbocycles. The SMILES string of the molecule is COc1nn(C)c2nc(C)c(CCC(=O)N3CCC(C)(CN)C3)c(C)c12. The molecule has 2 aromatic heterocycles. The van der Waals surface area contributed by atoms with Gasteiger partial charge in [0.05, 0.1) is 12.5 Å². The monoisotopic (exact) mass is 359 g/mol. The van der Waals surface area contributed by atoms with Crippen LogP contribution in [-0.2, 0) is 18.3 Å². The van der Waals surface area contributed by atoms with Gasteiger partial charge in [0.2, 0.25) is 11.8 Å². The number of pyridine rings is 1. The zero-order valence-corrected chi connectivity index (χ0v) is 16.4. The zero-order valence-electron chi connectivity index (χ0n) is 16.4. The van der Waals surface area contributed by atoms with Crippen molar-refractivity contribution in [1.29, 1.82) is 0 Å². The van der Waals surface area contributed by atoms with Gasteiger partial charge in [-0.05, 0) is 49.8 Å². The van der Waals surface area contributed by atoms with E-state index in [1.54, 1.807) is 11.8 Å². The molecular weight excluding hydrogens is 330 g/mol. The molecular formula is C19H29N5O2. The van der Waals surface area contributed by atoms with E-state index in [2.05, 4.69) is 18.9 Å². The first-order chi connectivity index (χ1) is 12.3. The summed E-state index contributed by atoms with van der Waals surface area (Å²) in [6.45, 7) is 8.39. The number of hydrogen-bond acceptors (Lipinski definition) is 5. The second-order valence-electron chi connectivity index (χ2n) is 7.71. The van der Waals surface area contributed by atoms with Crippen LogP contribution >= 0.6 is 0 Å². The second kappa shape index (κ2) is 6.87. The first-order valence-electron chi connectivity index (χ1n) is 9.14. The van der Waals surface area contributed by atoms with Gasteiger partial charge >= 0.3 is 0 Å². The van der Waals surface area contributed by atoms with Gasteiger partial charge in [-0.2, -0.15) is 0 Å². The Morgan fingerprint density at radius 2 is 2.12 bits per heavy atom. The molecule has 0 aromatic carbocycles. The lowest BCUT2D eigenvalue weighted by atomic mass is 9.90. The van der Waals surface area contributed by atoms with Crippen LogP contribution in [0.25, 0.3) is 11.0 Å². The highest BCUT2D eigenvalue weighted by atomic mass is 16.5. The number of ether oxygens (including phenoxy) is 1. The van der Waals surface area contributed by atoms with Crippen LogP contribution in [0.1, 0.15) is 36.6 Å². The van der Waals surface area contributed by atoms with Crippen LogP contribution in [0.3, 0.4) is 0 Å². The van der Waals surface area contributed by atoms with Crippen LogP contribution in [0.4, 0.5) is 0 Å². The topological polar surface area (TPSA) is 86.3 Å². The lowest BCUT2D eigenvalue weighted by Gasteiger charge is -2.22. The van der Waals surface area contributed by atoms with Crippen LogP contribution in [0, 0.1) is 19.3 Å². The van der Waals surface area contributed by atoms with Crippen LogP contribution in [0.15, 0.2) is 0 Å². The molecule has 2 aromatic rings. The van der Waals surface area contributed by atoms with Gasteiger partial charge in [0, 0.05) is 32.3 Å². The van der Waals surface area contributed by atoms with Crippen molar-refractivity contribution in [2.45, 2.75) is 40.0 Å². The van der Waals surface area contributed by atoms with Crippen molar-refractivity contribution in [2.75, 3.05) is 26.7 Å². The predicted octanol–water partition coefficient (Wildman–Crippen LogP) is 1.72. The van der Waals surface area contributed by atoms with Crippen LogP contribution in [0.2, 0.25) is 0 Å². The predicted molar refractivity (Wildman–Crippen MR) is 101 cm³/mol. The first kappa shape index (κ1) is 18.6. The molecule has 7 nitrogen and oxygen atoms in total. The fourth-order valence-electron chi connectivity index (χ4n) is 3.90. The number of aromatic nitrogens is 3. The molecule has 2 N–H and O–H groups in total. The maximum atomic E-state index is 12.7. The summed E-state index contributed by atoms with van der Waals surface area (Å²) in [5.74, 6) is 0.776. The van der Waals surface area contributed by atoms with Crippen LogP contribution in [0.5, 0.6) is 5.88 Å². The molecule has 3 heterocycles. The maximum absolute atomic E-state index is 12.7. The summed E-state index contributed by atoms with van der Waals surface area (Å²) in [5.41, 5.74) is 9.87. The Hall–Kier alpha value is -2.15. The van der Waals surface area contributed by atoms with E-state index < -0.39 is 0 Å². The third kappa shape index (κ3) is 3.16. The molecule has 0 spiro atoms. The third-order valence-electron chi connectivity index (χ3n) is 5.71. The van der Waals surface area contributed by atoms with E-state index in [0.29, 0.717) is 25.3 Å². The second-order valence-corrected chi connectivity index (χ2v) is 7.71. The summed E-state index contributed by atoms with van der Waals surface area (Å²) in [6, 6.07) is 0. The van der Waals surface area contributed by atoms with Gasteiger partial charge in [-0.1, -0.05) is 6.92 Å². The van der Waals surface area contributed by atoms with Gasteiger partial charge in [-0.3, -0.25) is 4.79 Å². The fraction of sp³-hybridized carbons (Fsp3) is 0.632. The molecule has 142 valence electrons. The number of fused-ring (bicyclic) bond motifs is 1. The van der Waals surface area contributed by atoms with Crippen molar-refractivity contribution < 1.29 is 9.53 Å². The Balaban J connectivity index is 1.80. The molecule has 1 amide bonds. The fourth-order valence-corrected chi connectivity index (χ4v) is 3.90. The summed E-state index contributed by atoms with van der Waals surface area (Å²) in [6.07, 6.45) is 2.14. The quantitative estimate of drug-likeness (QED) is 0.878. The minimum atomic E-state index is 0.0605. The minimum Gasteiger partial charge on any atom is -0.479 e. The Kier molecular flexibility index (Phi) is 4.92. The Labute approximate surface area is 154 Å². The van der Waals surface area contributed by atoms with Gasteiger partial charge in [0.25, 0.3) is 0 Å². The van der Waals surface area contributed by atoms with Crippen molar-refractivity contribution in [3.8, 4) is 5.88 Å². The number of likely N-dealkylation sites (tertiary alicyclic amines) is 1. The normalized spacial score (nSPS) is 20.2. The van der Waals surface area contributed by atoms with E-state index in [1.165, 1.54) is 0 Å². The summed E-state index contributed by atoms with van der Waals surface area (Å²) in [5, 5.41) is 5.31. The molecule has 3 rings (SSSR count). The largest absolute Gasteiger partial charge is 0.479 e. The van der Waals surface area contributed by atoms with E-state index in [1.807, 2.05) is 18.9 Å². The molecule has 1 saturated heterocycles. The molecule has 1 aliphatic rings. The number of aryl methyl sites for hydroxylation is 3. The summed E-state index contributed by atoms with van der Waals surface area (Å²) < 4.78 is 7.14. The van der Waals surface area contributed by atoms with Crippen molar-refractivity contribution in [1.82, 2.24) is 19.7 Å². The van der Waals surface area contributed by atoms with Crippen LogP contribution < -0.4 is 10.5 Å². The Bertz CT molecular complexity index is 844. The number of hydrogen-bond donors (Lipinski definition) is 1. The maximum Gasteiger partial charge on any atom is 0.242 e. The minimum absolute atomic E-state index is 0.0605. The Morgan fingerprint density at radius 3 is 2.73 bits per heavy atom. The van der Waals surface area contributed by atoms with E-state index in [0.717, 1.165) is 47.4 Å². The van der Waals surface area contributed by atoms with Crippen molar-refractivity contribution >= 4 is 16.9 Å². The molecule has 1 aliphatic heterocycles. The number of rotatable bonds is 5. The Morgan fingerprint density at radius 1 is 1.38 bits per heavy atom. The number of nitrogens with zero attached hydrogens (tertiary/aromatic N) is 4. The third-order valence-corrected chi connectivity index (χ3v) is 5.71. The molecule has 0 bridgehead atoms. The van der Waals surface area contributed by atoms with E-state index in [-0.39, 0.29) is 11.3 Å². The number of carbonyl (C=O) groups is 1. The van der Waals surface area contributed by atoms with Gasteiger partial charge in [0.15, 0.2) is 5.65 Å². The van der Waals surface area contributed by atoms with Gasteiger partial charge in [0.1, 0.15) is 0 Å². The number of nitrogens with two attached hydrogens (primary N) is 1. The van der Waals surface area contributed by atoms with Crippen molar-refractivity contribution in [3.63, 3.8) is 0 Å². The highest BCUT2D eigenvalue weighted by Gasteiger charge is 2.34. The molecule has 0 saturated carbocycles. The summed E-state index contributed by atoms with van der Waals surface area (Å²) in [7, 11) is 3.48. The van der Waals surface area contributed by atoms with Crippen LogP contribution in [-0.4, -0.2) is 52.3 Å². The molecule has 26 heavy (non-hydrogen) atoms. The van der Waals surface area contributed by atoms with Crippen molar-refractivity contribution in [3.05, 3.63) is 16.8 Å². The summed E-state index contributed by atoms with van der Waals surface area (Å²) >= 11 is 0. The van der Waals surface area contributed by atoms with E-state index in [4.69, 9.17) is 15.5 Å². The van der Waals surface area contributed by atoms with Gasteiger partial charge < -0.3 is 15.4 Å². The molecule has 0 radical (unpaired) electrons. The highest BCUT2D eigenvalue weighted by molar-refractivity contribution is 5.86. The van der Waals surface area contributed by atoms with E-state index >= 15 is 0 Å². The number of carbonyl (C=O) groups excluding carboxylic acids is 1. The first-order valence-corrected chi connectivity index (χ1v) is 9.14. The lowest BCUT2D eigenvalue weighted by molar-refractivity contribution is -0.130. The van der Waals surface area contributed by atoms with Gasteiger partial charge in [-0.25, -0.2) is 9.67 Å².